The van der Waals surface area contributed by atoms with Crippen LogP contribution in [0, 0.1) is 23.0 Å². The molecule has 9 heteroatoms. The topological polar surface area (TPSA) is 97.5 Å². The zero-order valence-electron chi connectivity index (χ0n) is 14.0. The molecule has 3 rings (SSSR count). The van der Waals surface area contributed by atoms with Crippen molar-refractivity contribution in [2.75, 3.05) is 32.8 Å². The van der Waals surface area contributed by atoms with E-state index in [0.29, 0.717) is 38.6 Å². The van der Waals surface area contributed by atoms with Gasteiger partial charge in [0.05, 0.1) is 13.2 Å². The Bertz CT molecular complexity index is 687. The van der Waals surface area contributed by atoms with Crippen LogP contribution in [0.3, 0.4) is 0 Å². The summed E-state index contributed by atoms with van der Waals surface area (Å²) in [5, 5.41) is 13.5. The van der Waals surface area contributed by atoms with Gasteiger partial charge in [-0.2, -0.15) is 0 Å². The Morgan fingerprint density at radius 1 is 1.48 bits per heavy atom. The molecule has 0 spiro atoms. The van der Waals surface area contributed by atoms with Crippen molar-refractivity contribution in [1.29, 1.82) is 0 Å². The van der Waals surface area contributed by atoms with Crippen molar-refractivity contribution >= 4 is 12.1 Å². The minimum absolute atomic E-state index is 0.0227. The third-order valence-corrected chi connectivity index (χ3v) is 4.21. The van der Waals surface area contributed by atoms with E-state index in [4.69, 9.17) is 9.47 Å². The number of benzene rings is 1. The number of nitro groups is 1. The van der Waals surface area contributed by atoms with E-state index in [1.54, 1.807) is 23.1 Å². The van der Waals surface area contributed by atoms with Crippen LogP contribution in [0.1, 0.15) is 12.0 Å². The van der Waals surface area contributed by atoms with Crippen LogP contribution in [-0.2, 0) is 4.74 Å². The molecule has 1 atom stereocenters. The molecule has 2 fully saturated rings. The molecule has 1 unspecified atom stereocenters. The Labute approximate surface area is 144 Å². The summed E-state index contributed by atoms with van der Waals surface area (Å²) in [6.45, 7) is 4.55. The number of hydrazone groups is 1. The number of carbonyl (C=O) groups excluding carboxylic acids is 1. The van der Waals surface area contributed by atoms with Gasteiger partial charge in [-0.1, -0.05) is 12.1 Å². The second-order valence-electron chi connectivity index (χ2n) is 6.15. The van der Waals surface area contributed by atoms with Gasteiger partial charge in [0, 0.05) is 25.6 Å². The minimum atomic E-state index is -0.786. The predicted octanol–water partition coefficient (Wildman–Crippen LogP) is 1.70. The molecule has 2 saturated heterocycles. The van der Waals surface area contributed by atoms with Crippen LogP contribution in [0.25, 0.3) is 0 Å². The summed E-state index contributed by atoms with van der Waals surface area (Å²) in [4.78, 5) is 26.3. The summed E-state index contributed by atoms with van der Waals surface area (Å²) in [5.41, 5.74) is 0.953. The predicted molar refractivity (Wildman–Crippen MR) is 88.8 cm³/mol. The average Bonchev–Trinajstić information content (AvgIpc) is 3.18. The fraction of sp³-hybridized carbons (Fsp3) is 0.500. The highest BCUT2D eigenvalue weighted by atomic mass is 16.7. The maximum Gasteiger partial charge on any atom is 0.422 e. The maximum atomic E-state index is 12.4. The molecular formula is C16H20N4O5. The van der Waals surface area contributed by atoms with E-state index in [9.17, 15) is 14.9 Å². The Balaban J connectivity index is 1.72. The highest BCUT2D eigenvalue weighted by Gasteiger charge is 2.37. The number of hydrogen-bond donors (Lipinski definition) is 0. The lowest BCUT2D eigenvalue weighted by atomic mass is 10.1. The van der Waals surface area contributed by atoms with Crippen molar-refractivity contribution in [1.82, 2.24) is 9.80 Å². The van der Waals surface area contributed by atoms with Crippen LogP contribution >= 0.6 is 0 Å². The van der Waals surface area contributed by atoms with Crippen LogP contribution in [0.2, 0.25) is 0 Å². The molecule has 9 nitrogen and oxygen atoms in total. The molecular weight excluding hydrogens is 328 g/mol. The number of ether oxygens (including phenoxy) is 2. The second kappa shape index (κ2) is 7.47. The molecule has 0 bridgehead atoms. The third kappa shape index (κ3) is 4.24. The van der Waals surface area contributed by atoms with Crippen molar-refractivity contribution < 1.29 is 19.3 Å². The highest BCUT2D eigenvalue weighted by molar-refractivity contribution is 5.96. The first-order valence-electron chi connectivity index (χ1n) is 8.14. The second-order valence-corrected chi connectivity index (χ2v) is 6.15. The molecule has 0 aliphatic carbocycles. The zero-order valence-corrected chi connectivity index (χ0v) is 14.0. The first kappa shape index (κ1) is 17.2. The standard InChI is InChI=1S/C16H20N4O5/c1-12-3-2-4-14(9-12)25-16(21)19-7-6-18(15(19)17-20(22)23)10-13-5-8-24-11-13/h2-4,9,13H,5-8,10-11H2,1H3. The first-order chi connectivity index (χ1) is 12.0. The summed E-state index contributed by atoms with van der Waals surface area (Å²) in [5.74, 6) is 0.701. The van der Waals surface area contributed by atoms with E-state index in [0.717, 1.165) is 12.0 Å². The van der Waals surface area contributed by atoms with Crippen LogP contribution < -0.4 is 4.74 Å². The molecule has 0 saturated carbocycles. The summed E-state index contributed by atoms with van der Waals surface area (Å²) in [7, 11) is 0. The largest absolute Gasteiger partial charge is 0.422 e. The van der Waals surface area contributed by atoms with E-state index >= 15 is 0 Å². The van der Waals surface area contributed by atoms with E-state index in [-0.39, 0.29) is 11.9 Å². The fourth-order valence-corrected chi connectivity index (χ4v) is 3.00. The van der Waals surface area contributed by atoms with E-state index in [1.165, 1.54) is 4.90 Å². The SMILES string of the molecule is Cc1cccc(OC(=O)N2CCN(CC3CCOC3)C2=N[N+](=O)[O-])c1. The molecule has 2 aliphatic rings. The lowest BCUT2D eigenvalue weighted by Gasteiger charge is -2.21. The molecule has 1 amide bonds. The van der Waals surface area contributed by atoms with Gasteiger partial charge in [0.25, 0.3) is 5.96 Å². The zero-order chi connectivity index (χ0) is 17.8. The number of amides is 1. The molecule has 2 aliphatic heterocycles. The van der Waals surface area contributed by atoms with Crippen LogP contribution in [0.15, 0.2) is 29.4 Å². The van der Waals surface area contributed by atoms with Gasteiger partial charge in [-0.3, -0.25) is 0 Å². The number of nitrogens with zero attached hydrogens (tertiary/aromatic N) is 4. The number of aryl methyl sites for hydroxylation is 1. The number of carbonyl (C=O) groups is 1. The minimum Gasteiger partial charge on any atom is -0.410 e. The molecule has 25 heavy (non-hydrogen) atoms. The average molecular weight is 348 g/mol. The summed E-state index contributed by atoms with van der Waals surface area (Å²) in [6, 6.07) is 7.06. The van der Waals surface area contributed by atoms with Gasteiger partial charge in [-0.25, -0.2) is 19.8 Å². The quantitative estimate of drug-likeness (QED) is 0.607. The van der Waals surface area contributed by atoms with Crippen molar-refractivity contribution in [2.45, 2.75) is 13.3 Å². The molecule has 134 valence electrons. The Kier molecular flexibility index (Phi) is 5.13. The van der Waals surface area contributed by atoms with E-state index in [2.05, 4.69) is 5.10 Å². The van der Waals surface area contributed by atoms with Crippen LogP contribution in [0.5, 0.6) is 5.75 Å². The van der Waals surface area contributed by atoms with Crippen molar-refractivity contribution in [2.24, 2.45) is 11.0 Å². The fourth-order valence-electron chi connectivity index (χ4n) is 3.00. The maximum absolute atomic E-state index is 12.4. The van der Waals surface area contributed by atoms with Gasteiger partial charge in [-0.05, 0) is 31.0 Å². The number of hydrogen-bond acceptors (Lipinski definition) is 5. The summed E-state index contributed by atoms with van der Waals surface area (Å²) >= 11 is 0. The molecule has 1 aromatic carbocycles. The molecule has 1 aromatic rings. The Hall–Kier alpha value is -2.68. The monoisotopic (exact) mass is 348 g/mol. The van der Waals surface area contributed by atoms with Gasteiger partial charge in [0.1, 0.15) is 10.9 Å². The van der Waals surface area contributed by atoms with Gasteiger partial charge < -0.3 is 14.4 Å². The van der Waals surface area contributed by atoms with E-state index < -0.39 is 11.1 Å². The van der Waals surface area contributed by atoms with Gasteiger partial charge in [-0.15, -0.1) is 0 Å². The van der Waals surface area contributed by atoms with Crippen molar-refractivity contribution in [3.63, 3.8) is 0 Å². The smallest absolute Gasteiger partial charge is 0.410 e. The molecule has 0 radical (unpaired) electrons. The van der Waals surface area contributed by atoms with Gasteiger partial charge in [0.2, 0.25) is 0 Å². The lowest BCUT2D eigenvalue weighted by Crippen LogP contribution is -2.41. The highest BCUT2D eigenvalue weighted by Crippen LogP contribution is 2.20. The van der Waals surface area contributed by atoms with Crippen LogP contribution in [-0.4, -0.2) is 59.7 Å². The molecule has 0 N–H and O–H groups in total. The van der Waals surface area contributed by atoms with E-state index in [1.807, 2.05) is 13.0 Å². The molecule has 2 heterocycles. The summed E-state index contributed by atoms with van der Waals surface area (Å²) < 4.78 is 10.7. The van der Waals surface area contributed by atoms with Crippen molar-refractivity contribution in [3.05, 3.63) is 39.9 Å². The molecule has 0 aromatic heterocycles. The Morgan fingerprint density at radius 2 is 2.32 bits per heavy atom. The van der Waals surface area contributed by atoms with Gasteiger partial charge >= 0.3 is 6.09 Å². The summed E-state index contributed by atoms with van der Waals surface area (Å²) in [6.07, 6.45) is 0.229. The number of guanidine groups is 1. The first-order valence-corrected chi connectivity index (χ1v) is 8.14. The lowest BCUT2D eigenvalue weighted by molar-refractivity contribution is -0.486. The number of rotatable bonds is 4. The third-order valence-electron chi connectivity index (χ3n) is 4.21. The normalized spacial score (nSPS) is 21.8. The van der Waals surface area contributed by atoms with Crippen molar-refractivity contribution in [3.8, 4) is 5.75 Å². The van der Waals surface area contributed by atoms with Crippen LogP contribution in [0.4, 0.5) is 4.79 Å². The Morgan fingerprint density at radius 3 is 3.00 bits per heavy atom. The van der Waals surface area contributed by atoms with Gasteiger partial charge in [0.15, 0.2) is 5.03 Å².